The van der Waals surface area contributed by atoms with Crippen LogP contribution >= 0.6 is 0 Å². The second-order valence-corrected chi connectivity index (χ2v) is 22.7. The van der Waals surface area contributed by atoms with E-state index in [1.54, 1.807) is 0 Å². The lowest BCUT2D eigenvalue weighted by atomic mass is 10.0. The van der Waals surface area contributed by atoms with Gasteiger partial charge in [0.05, 0.1) is 0 Å². The highest BCUT2D eigenvalue weighted by molar-refractivity contribution is 5.71. The number of esters is 3. The summed E-state index contributed by atoms with van der Waals surface area (Å²) < 4.78 is 16.9. The molecular weight excluding hydrogens is 961 g/mol. The summed E-state index contributed by atoms with van der Waals surface area (Å²) in [6, 6.07) is 0. The van der Waals surface area contributed by atoms with Gasteiger partial charge in [-0.15, -0.1) is 0 Å². The molecule has 0 aliphatic carbocycles. The van der Waals surface area contributed by atoms with E-state index in [4.69, 9.17) is 14.2 Å². The molecule has 0 aliphatic rings. The van der Waals surface area contributed by atoms with Crippen molar-refractivity contribution in [1.82, 2.24) is 0 Å². The number of unbranched alkanes of at least 4 members (excludes halogenated alkanes) is 39. The Morgan fingerprint density at radius 2 is 0.462 bits per heavy atom. The summed E-state index contributed by atoms with van der Waals surface area (Å²) >= 11 is 0. The smallest absolute Gasteiger partial charge is 0.306 e. The quantitative estimate of drug-likeness (QED) is 0.0261. The highest BCUT2D eigenvalue weighted by Crippen LogP contribution is 2.17. The number of allylic oxidation sites excluding steroid dienone is 12. The number of carbonyl (C=O) groups excluding carboxylic acids is 3. The zero-order valence-corrected chi connectivity index (χ0v) is 51.9. The lowest BCUT2D eigenvalue weighted by Crippen LogP contribution is -2.30. The fourth-order valence-electron chi connectivity index (χ4n) is 9.77. The van der Waals surface area contributed by atoms with Crippen molar-refractivity contribution in [3.05, 3.63) is 72.9 Å². The zero-order valence-electron chi connectivity index (χ0n) is 51.9. The molecule has 0 bridgehead atoms. The first-order chi connectivity index (χ1) is 38.5. The van der Waals surface area contributed by atoms with Crippen LogP contribution in [-0.2, 0) is 28.6 Å². The highest BCUT2D eigenvalue weighted by atomic mass is 16.6. The van der Waals surface area contributed by atoms with E-state index in [1.165, 1.54) is 225 Å². The number of ether oxygens (including phenoxy) is 3. The van der Waals surface area contributed by atoms with Crippen LogP contribution in [0.25, 0.3) is 0 Å². The molecule has 0 aliphatic heterocycles. The number of hydrogen-bond donors (Lipinski definition) is 0. The standard InChI is InChI=1S/C72H128O6/c1-4-7-10-13-16-19-22-25-27-29-31-33-34-35-36-37-38-40-41-43-45-47-50-53-56-59-62-65-71(74)77-68-69(67-76-70(73)64-61-58-55-52-49-24-21-18-15-12-9-6-3)78-72(75)66-63-60-57-54-51-48-46-44-42-39-32-30-28-26-23-20-17-14-11-8-5-2/h18,21-23,25-26,29-32,34-35,69H,4-17,19-20,24,27-28,33,36-68H2,1-3H3/b21-18-,25-22-,26-23-,31-29-,32-30-,35-34-. The maximum atomic E-state index is 12.9. The lowest BCUT2D eigenvalue weighted by molar-refractivity contribution is -0.167. The van der Waals surface area contributed by atoms with Gasteiger partial charge in [-0.1, -0.05) is 286 Å². The molecule has 0 radical (unpaired) electrons. The lowest BCUT2D eigenvalue weighted by Gasteiger charge is -2.18. The summed E-state index contributed by atoms with van der Waals surface area (Å²) in [4.78, 5) is 38.3. The molecule has 0 heterocycles. The first-order valence-corrected chi connectivity index (χ1v) is 33.9. The minimum Gasteiger partial charge on any atom is -0.462 e. The molecule has 6 nitrogen and oxygen atoms in total. The molecule has 1 unspecified atom stereocenters. The molecule has 0 rings (SSSR count). The van der Waals surface area contributed by atoms with E-state index < -0.39 is 6.10 Å². The maximum absolute atomic E-state index is 12.9. The van der Waals surface area contributed by atoms with Crippen molar-refractivity contribution in [1.29, 1.82) is 0 Å². The molecule has 0 saturated heterocycles. The van der Waals surface area contributed by atoms with Crippen molar-refractivity contribution in [2.45, 2.75) is 354 Å². The van der Waals surface area contributed by atoms with Crippen molar-refractivity contribution in [2.24, 2.45) is 0 Å². The van der Waals surface area contributed by atoms with E-state index in [0.29, 0.717) is 19.3 Å². The first-order valence-electron chi connectivity index (χ1n) is 33.9. The van der Waals surface area contributed by atoms with Gasteiger partial charge in [0.15, 0.2) is 6.10 Å². The Kier molecular flexibility index (Phi) is 63.7. The molecule has 0 amide bonds. The van der Waals surface area contributed by atoms with Gasteiger partial charge in [-0.2, -0.15) is 0 Å². The number of rotatable bonds is 62. The molecule has 0 N–H and O–H groups in total. The summed E-state index contributed by atoms with van der Waals surface area (Å²) in [5.74, 6) is -0.878. The third kappa shape index (κ3) is 63.7. The molecule has 0 spiro atoms. The zero-order chi connectivity index (χ0) is 56.4. The molecule has 0 aromatic carbocycles. The number of carbonyl (C=O) groups is 3. The van der Waals surface area contributed by atoms with Crippen LogP contribution in [0.2, 0.25) is 0 Å². The third-order valence-electron chi connectivity index (χ3n) is 14.9. The van der Waals surface area contributed by atoms with Gasteiger partial charge in [-0.05, 0) is 116 Å². The van der Waals surface area contributed by atoms with E-state index in [0.717, 1.165) is 83.5 Å². The monoisotopic (exact) mass is 1090 g/mol. The van der Waals surface area contributed by atoms with Gasteiger partial charge < -0.3 is 14.2 Å². The Morgan fingerprint density at radius 1 is 0.256 bits per heavy atom. The molecule has 78 heavy (non-hydrogen) atoms. The Morgan fingerprint density at radius 3 is 0.756 bits per heavy atom. The SMILES string of the molecule is CCCCC/C=C\CCCCCCCC(=O)OCC(COC(=O)CCCCCCCCCCCCCC/C=C\C/C=C\C/C=C\CCCCCCC)OC(=O)CCCCCCCCCCC/C=C\C/C=C\CCCCCCC. The molecule has 0 fully saturated rings. The van der Waals surface area contributed by atoms with Crippen LogP contribution in [0.1, 0.15) is 348 Å². The van der Waals surface area contributed by atoms with Crippen LogP contribution in [0, 0.1) is 0 Å². The van der Waals surface area contributed by atoms with Gasteiger partial charge in [-0.3, -0.25) is 14.4 Å². The van der Waals surface area contributed by atoms with Gasteiger partial charge >= 0.3 is 17.9 Å². The van der Waals surface area contributed by atoms with Crippen molar-refractivity contribution >= 4 is 17.9 Å². The Bertz CT molecular complexity index is 1440. The molecular formula is C72H128O6. The number of hydrogen-bond acceptors (Lipinski definition) is 6. The second kappa shape index (κ2) is 66.4. The van der Waals surface area contributed by atoms with E-state index in [1.807, 2.05) is 0 Å². The van der Waals surface area contributed by atoms with E-state index >= 15 is 0 Å². The predicted molar refractivity (Wildman–Crippen MR) is 339 cm³/mol. The summed E-state index contributed by atoms with van der Waals surface area (Å²) in [6.45, 7) is 6.62. The van der Waals surface area contributed by atoms with Crippen molar-refractivity contribution in [3.63, 3.8) is 0 Å². The van der Waals surface area contributed by atoms with Crippen molar-refractivity contribution in [2.75, 3.05) is 13.2 Å². The van der Waals surface area contributed by atoms with Crippen LogP contribution in [-0.4, -0.2) is 37.2 Å². The summed E-state index contributed by atoms with van der Waals surface area (Å²) in [6.07, 6.45) is 86.3. The van der Waals surface area contributed by atoms with Crippen LogP contribution in [0.4, 0.5) is 0 Å². The predicted octanol–water partition coefficient (Wildman–Crippen LogP) is 23.3. The topological polar surface area (TPSA) is 78.9 Å². The summed E-state index contributed by atoms with van der Waals surface area (Å²) in [7, 11) is 0. The summed E-state index contributed by atoms with van der Waals surface area (Å²) in [5.41, 5.74) is 0. The van der Waals surface area contributed by atoms with Crippen LogP contribution in [0.3, 0.4) is 0 Å². The fourth-order valence-corrected chi connectivity index (χ4v) is 9.77. The average molecular weight is 1090 g/mol. The van der Waals surface area contributed by atoms with Crippen LogP contribution < -0.4 is 0 Å². The normalized spacial score (nSPS) is 12.5. The van der Waals surface area contributed by atoms with E-state index in [2.05, 4.69) is 93.7 Å². The fraction of sp³-hybridized carbons (Fsp3) is 0.792. The highest BCUT2D eigenvalue weighted by Gasteiger charge is 2.19. The van der Waals surface area contributed by atoms with Crippen molar-refractivity contribution in [3.8, 4) is 0 Å². The minimum absolute atomic E-state index is 0.0788. The maximum Gasteiger partial charge on any atom is 0.306 e. The Balaban J connectivity index is 4.26. The van der Waals surface area contributed by atoms with E-state index in [9.17, 15) is 14.4 Å². The summed E-state index contributed by atoms with van der Waals surface area (Å²) in [5, 5.41) is 0. The molecule has 452 valence electrons. The van der Waals surface area contributed by atoms with Gasteiger partial charge in [0.2, 0.25) is 0 Å². The second-order valence-electron chi connectivity index (χ2n) is 22.7. The van der Waals surface area contributed by atoms with E-state index in [-0.39, 0.29) is 31.1 Å². The van der Waals surface area contributed by atoms with Gasteiger partial charge in [0.1, 0.15) is 13.2 Å². The molecule has 0 aromatic rings. The molecule has 0 aromatic heterocycles. The van der Waals surface area contributed by atoms with Gasteiger partial charge in [0.25, 0.3) is 0 Å². The van der Waals surface area contributed by atoms with Crippen LogP contribution in [0.5, 0.6) is 0 Å². The first kappa shape index (κ1) is 74.8. The average Bonchev–Trinajstić information content (AvgIpc) is 3.44. The largest absolute Gasteiger partial charge is 0.462 e. The molecule has 1 atom stereocenters. The van der Waals surface area contributed by atoms with Gasteiger partial charge in [-0.25, -0.2) is 0 Å². The molecule has 6 heteroatoms. The van der Waals surface area contributed by atoms with Gasteiger partial charge in [0, 0.05) is 19.3 Å². The Labute approximate surface area is 484 Å². The third-order valence-corrected chi connectivity index (χ3v) is 14.9. The minimum atomic E-state index is -0.783. The van der Waals surface area contributed by atoms with Crippen LogP contribution in [0.15, 0.2) is 72.9 Å². The van der Waals surface area contributed by atoms with Crippen molar-refractivity contribution < 1.29 is 28.6 Å². The Hall–Kier alpha value is -3.15. The molecule has 0 saturated carbocycles.